The highest BCUT2D eigenvalue weighted by molar-refractivity contribution is 6.12. The van der Waals surface area contributed by atoms with Crippen molar-refractivity contribution < 1.29 is 0 Å². The summed E-state index contributed by atoms with van der Waals surface area (Å²) in [6, 6.07) is 78.5. The normalized spacial score (nSPS) is 11.2. The van der Waals surface area contributed by atoms with Crippen LogP contribution < -0.4 is 0 Å². The number of fused-ring (bicyclic) bond motifs is 6. The second-order valence-corrected chi connectivity index (χ2v) is 16.8. The van der Waals surface area contributed by atoms with E-state index in [9.17, 15) is 15.8 Å². The summed E-state index contributed by atoms with van der Waals surface area (Å²) in [5, 5.41) is 34.5. The van der Waals surface area contributed by atoms with E-state index in [0.29, 0.717) is 39.5 Å². The molecule has 0 bridgehead atoms. The summed E-state index contributed by atoms with van der Waals surface area (Å²) in [6.45, 7) is 0. The van der Waals surface area contributed by atoms with E-state index in [0.717, 1.165) is 55.8 Å². The molecule has 0 fully saturated rings. The number of hydrogen-bond acceptors (Lipinski definition) is 5. The van der Waals surface area contributed by atoms with Crippen LogP contribution in [-0.4, -0.2) is 19.1 Å². The van der Waals surface area contributed by atoms with Gasteiger partial charge in [0.1, 0.15) is 0 Å². The topological polar surface area (TPSA) is 107 Å². The highest BCUT2D eigenvalue weighted by atomic mass is 15.0. The van der Waals surface area contributed by atoms with Gasteiger partial charge < -0.3 is 9.13 Å². The van der Waals surface area contributed by atoms with Gasteiger partial charge in [-0.25, -0.2) is 9.97 Å². The van der Waals surface area contributed by atoms with Crippen molar-refractivity contribution in [3.8, 4) is 85.7 Å². The Labute approximate surface area is 391 Å². The number of nitrogens with zero attached hydrogens (tertiary/aromatic N) is 7. The van der Waals surface area contributed by atoms with Gasteiger partial charge in [-0.15, -0.1) is 0 Å². The van der Waals surface area contributed by atoms with E-state index in [2.05, 4.69) is 149 Å². The fraction of sp³-hybridized carbons (Fsp3) is 0. The van der Waals surface area contributed by atoms with E-state index in [1.165, 1.54) is 32.6 Å². The Bertz CT molecular complexity index is 3990. The van der Waals surface area contributed by atoms with E-state index >= 15 is 0 Å². The molecule has 12 rings (SSSR count). The molecule has 12 aromatic rings. The maximum absolute atomic E-state index is 10.5. The third-order valence-electron chi connectivity index (χ3n) is 12.8. The third-order valence-corrected chi connectivity index (χ3v) is 12.8. The zero-order valence-electron chi connectivity index (χ0n) is 36.3. The van der Waals surface area contributed by atoms with E-state index in [1.54, 1.807) is 24.3 Å². The average molecular weight is 866 g/mol. The van der Waals surface area contributed by atoms with Crippen molar-refractivity contribution >= 4 is 43.6 Å². The second-order valence-electron chi connectivity index (χ2n) is 16.8. The molecule has 7 heteroatoms. The molecule has 0 aliphatic carbocycles. The van der Waals surface area contributed by atoms with Crippen molar-refractivity contribution in [3.05, 3.63) is 229 Å². The quantitative estimate of drug-likeness (QED) is 0.159. The maximum atomic E-state index is 10.5. The molecule has 0 saturated heterocycles. The molecule has 3 heterocycles. The van der Waals surface area contributed by atoms with Crippen LogP contribution >= 0.6 is 0 Å². The molecule has 0 aliphatic rings. The molecule has 0 aliphatic heterocycles. The van der Waals surface area contributed by atoms with Gasteiger partial charge in [-0.2, -0.15) is 15.8 Å². The summed E-state index contributed by atoms with van der Waals surface area (Å²) < 4.78 is 4.70. The Hall–Kier alpha value is -9.87. The lowest BCUT2D eigenvalue weighted by atomic mass is 9.94. The van der Waals surface area contributed by atoms with Crippen LogP contribution in [0, 0.1) is 34.0 Å². The van der Waals surface area contributed by atoms with Crippen LogP contribution in [0.4, 0.5) is 0 Å². The smallest absolute Gasteiger partial charge is 0.160 e. The molecule has 0 spiro atoms. The summed E-state index contributed by atoms with van der Waals surface area (Å²) in [6.07, 6.45) is 0. The molecule has 0 N–H and O–H groups in total. The van der Waals surface area contributed by atoms with Crippen LogP contribution in [-0.2, 0) is 0 Å². The van der Waals surface area contributed by atoms with E-state index in [1.807, 2.05) is 66.7 Å². The minimum Gasteiger partial charge on any atom is -0.309 e. The first kappa shape index (κ1) is 39.7. The Morgan fingerprint density at radius 3 is 1.46 bits per heavy atom. The Balaban J connectivity index is 0.862. The number of nitriles is 3. The van der Waals surface area contributed by atoms with Crippen molar-refractivity contribution in [2.75, 3.05) is 0 Å². The fourth-order valence-electron chi connectivity index (χ4n) is 9.62. The molecule has 0 saturated carbocycles. The first-order chi connectivity index (χ1) is 33.5. The minimum atomic E-state index is 0.469. The van der Waals surface area contributed by atoms with Crippen LogP contribution in [0.5, 0.6) is 0 Å². The lowest BCUT2D eigenvalue weighted by Crippen LogP contribution is -1.96. The number of para-hydroxylation sites is 3. The highest BCUT2D eigenvalue weighted by Crippen LogP contribution is 2.38. The molecule has 0 unspecified atom stereocenters. The summed E-state index contributed by atoms with van der Waals surface area (Å²) in [4.78, 5) is 9.81. The Morgan fingerprint density at radius 1 is 0.324 bits per heavy atom. The van der Waals surface area contributed by atoms with Gasteiger partial charge >= 0.3 is 0 Å². The van der Waals surface area contributed by atoms with Crippen molar-refractivity contribution in [1.82, 2.24) is 19.1 Å². The van der Waals surface area contributed by atoms with Crippen LogP contribution in [0.1, 0.15) is 16.7 Å². The van der Waals surface area contributed by atoms with Crippen LogP contribution in [0.2, 0.25) is 0 Å². The molecule has 9 aromatic carbocycles. The Kier molecular flexibility index (Phi) is 9.51. The van der Waals surface area contributed by atoms with Crippen molar-refractivity contribution in [2.45, 2.75) is 0 Å². The number of hydrogen-bond donors (Lipinski definition) is 0. The van der Waals surface area contributed by atoms with Crippen LogP contribution in [0.25, 0.3) is 111 Å². The highest BCUT2D eigenvalue weighted by Gasteiger charge is 2.18. The van der Waals surface area contributed by atoms with Gasteiger partial charge in [0.15, 0.2) is 5.82 Å². The molecule has 7 nitrogen and oxygen atoms in total. The zero-order valence-corrected chi connectivity index (χ0v) is 36.3. The lowest BCUT2D eigenvalue weighted by molar-refractivity contribution is 1.17. The van der Waals surface area contributed by atoms with Crippen LogP contribution in [0.3, 0.4) is 0 Å². The SMILES string of the molecule is N#Cc1cccc(-c2cc(-c3ccc(-c4ccc(-c5ccc(-n6c7ccccc7c7cc(-n8c9ccccc9c9ccccc98)ccc76)cc5)cc4C#N)cc3)nc(-c3cccc(C#N)c3)n2)c1. The Morgan fingerprint density at radius 2 is 0.824 bits per heavy atom. The van der Waals surface area contributed by atoms with Gasteiger partial charge in [-0.3, -0.25) is 0 Å². The molecule has 3 aromatic heterocycles. The molecule has 0 amide bonds. The standard InChI is InChI=1S/C61H35N7/c62-36-39-9-7-11-45(31-39)56-35-55(65-61(66-56)46-12-8-10-40(32-46)37-63)43-21-19-42(20-22-43)50-29-25-44(33-47(50)38-64)41-23-26-48(27-24-41)67-59-18-6-3-15-53(59)54-34-49(28-30-60(54)67)68-57-16-4-1-13-51(57)52-14-2-5-17-58(52)68/h1-35H. The van der Waals surface area contributed by atoms with E-state index in [-0.39, 0.29) is 0 Å². The monoisotopic (exact) mass is 865 g/mol. The molecule has 68 heavy (non-hydrogen) atoms. The second kappa shape index (κ2) is 16.3. The van der Waals surface area contributed by atoms with Gasteiger partial charge in [0, 0.05) is 49.6 Å². The van der Waals surface area contributed by atoms with Crippen molar-refractivity contribution in [3.63, 3.8) is 0 Å². The summed E-state index contributed by atoms with van der Waals surface area (Å²) in [7, 11) is 0. The first-order valence-corrected chi connectivity index (χ1v) is 22.2. The van der Waals surface area contributed by atoms with Gasteiger partial charge in [0.25, 0.3) is 0 Å². The summed E-state index contributed by atoms with van der Waals surface area (Å²) >= 11 is 0. The zero-order chi connectivity index (χ0) is 45.7. The van der Waals surface area contributed by atoms with Crippen LogP contribution in [0.15, 0.2) is 212 Å². The molecular weight excluding hydrogens is 831 g/mol. The van der Waals surface area contributed by atoms with E-state index < -0.39 is 0 Å². The largest absolute Gasteiger partial charge is 0.309 e. The maximum Gasteiger partial charge on any atom is 0.160 e. The summed E-state index contributed by atoms with van der Waals surface area (Å²) in [5.41, 5.74) is 15.8. The van der Waals surface area contributed by atoms with Crippen molar-refractivity contribution in [2.24, 2.45) is 0 Å². The number of benzene rings is 9. The van der Waals surface area contributed by atoms with Gasteiger partial charge in [0.05, 0.1) is 68.4 Å². The third kappa shape index (κ3) is 6.74. The molecule has 0 radical (unpaired) electrons. The number of aromatic nitrogens is 4. The number of rotatable bonds is 7. The predicted molar refractivity (Wildman–Crippen MR) is 272 cm³/mol. The van der Waals surface area contributed by atoms with E-state index in [4.69, 9.17) is 9.97 Å². The molecule has 0 atom stereocenters. The van der Waals surface area contributed by atoms with Gasteiger partial charge in [-0.05, 0) is 107 Å². The molecular formula is C61H35N7. The van der Waals surface area contributed by atoms with Gasteiger partial charge in [-0.1, -0.05) is 127 Å². The van der Waals surface area contributed by atoms with Crippen molar-refractivity contribution in [1.29, 1.82) is 15.8 Å². The lowest BCUT2D eigenvalue weighted by Gasteiger charge is -2.12. The predicted octanol–water partition coefficient (Wildman–Crippen LogP) is 14.6. The average Bonchev–Trinajstić information content (AvgIpc) is 3.93. The molecule has 314 valence electrons. The van der Waals surface area contributed by atoms with Gasteiger partial charge in [0.2, 0.25) is 0 Å². The minimum absolute atomic E-state index is 0.469. The first-order valence-electron chi connectivity index (χ1n) is 22.2. The fourth-order valence-corrected chi connectivity index (χ4v) is 9.62. The summed E-state index contributed by atoms with van der Waals surface area (Å²) in [5.74, 6) is 0.469.